The van der Waals surface area contributed by atoms with E-state index in [1.165, 1.54) is 29.5 Å². The Morgan fingerprint density at radius 2 is 2.14 bits per heavy atom. The van der Waals surface area contributed by atoms with Crippen molar-refractivity contribution in [2.75, 3.05) is 26.2 Å². The molecule has 1 N–H and O–H groups in total. The molecule has 0 saturated carbocycles. The minimum atomic E-state index is -3.88. The van der Waals surface area contributed by atoms with Crippen LogP contribution in [0.4, 0.5) is 0 Å². The number of carbonyl (C=O) groups excluding carboxylic acids is 2. The summed E-state index contributed by atoms with van der Waals surface area (Å²) in [5.74, 6) is -0.665. The largest absolute Gasteiger partial charge is 0.354 e. The third kappa shape index (κ3) is 5.05. The summed E-state index contributed by atoms with van der Waals surface area (Å²) in [6.07, 6.45) is 1.61. The monoisotopic (exact) mass is 453 g/mol. The Morgan fingerprint density at radius 3 is 2.79 bits per heavy atom. The Labute approximate surface area is 178 Å². The number of hydrogen-bond donors (Lipinski definition) is 1. The minimum absolute atomic E-state index is 0.0178. The Kier molecular flexibility index (Phi) is 6.74. The molecule has 3 rings (SSSR count). The van der Waals surface area contributed by atoms with E-state index in [1.807, 2.05) is 6.07 Å². The van der Waals surface area contributed by atoms with Gasteiger partial charge in [-0.1, -0.05) is 23.7 Å². The summed E-state index contributed by atoms with van der Waals surface area (Å²) in [4.78, 5) is 27.1. The Hall–Kier alpha value is -2.20. The highest BCUT2D eigenvalue weighted by Crippen LogP contribution is 2.24. The van der Waals surface area contributed by atoms with E-state index in [0.717, 1.165) is 9.18 Å². The zero-order chi connectivity index (χ0) is 21.0. The molecule has 10 heteroatoms. The van der Waals surface area contributed by atoms with Crippen LogP contribution in [0.2, 0.25) is 4.34 Å². The molecule has 0 atom stereocenters. The number of benzene rings is 1. The van der Waals surface area contributed by atoms with Crippen molar-refractivity contribution < 1.29 is 18.0 Å². The maximum absolute atomic E-state index is 13.0. The van der Waals surface area contributed by atoms with Gasteiger partial charge in [-0.05, 0) is 30.3 Å². The number of hydrogen-bond acceptors (Lipinski definition) is 5. The van der Waals surface area contributed by atoms with Gasteiger partial charge in [0.05, 0.1) is 22.3 Å². The number of sulfonamides is 1. The van der Waals surface area contributed by atoms with Gasteiger partial charge in [0, 0.05) is 30.1 Å². The van der Waals surface area contributed by atoms with Gasteiger partial charge in [0.25, 0.3) is 5.91 Å². The number of nitrogens with one attached hydrogen (secondary N) is 1. The normalized spacial score (nSPS) is 15.0. The molecule has 2 aromatic rings. The Bertz CT molecular complexity index is 1040. The van der Waals surface area contributed by atoms with Gasteiger partial charge >= 0.3 is 0 Å². The Morgan fingerprint density at radius 1 is 1.34 bits per heavy atom. The molecule has 1 fully saturated rings. The van der Waals surface area contributed by atoms with Crippen molar-refractivity contribution in [1.29, 1.82) is 0 Å². The second kappa shape index (κ2) is 9.08. The van der Waals surface area contributed by atoms with Crippen LogP contribution in [0.5, 0.6) is 0 Å². The molecule has 2 amide bonds. The van der Waals surface area contributed by atoms with Gasteiger partial charge in [-0.15, -0.1) is 17.9 Å². The molecule has 2 heterocycles. The lowest BCUT2D eigenvalue weighted by Crippen LogP contribution is -2.49. The number of rotatable bonds is 7. The van der Waals surface area contributed by atoms with E-state index in [-0.39, 0.29) is 41.9 Å². The van der Waals surface area contributed by atoms with Crippen molar-refractivity contribution in [1.82, 2.24) is 14.5 Å². The van der Waals surface area contributed by atoms with E-state index < -0.39 is 10.0 Å². The summed E-state index contributed by atoms with van der Waals surface area (Å²) in [6.45, 7) is 4.55. The topological polar surface area (TPSA) is 86.8 Å². The quantitative estimate of drug-likeness (QED) is 0.652. The average Bonchev–Trinajstić information content (AvgIpc) is 3.12. The van der Waals surface area contributed by atoms with Crippen LogP contribution in [0.25, 0.3) is 0 Å². The first-order valence-corrected chi connectivity index (χ1v) is 11.5. The lowest BCUT2D eigenvalue weighted by Gasteiger charge is -2.26. The molecule has 1 aromatic heterocycles. The molecule has 0 bridgehead atoms. The van der Waals surface area contributed by atoms with Crippen LogP contribution in [0, 0.1) is 0 Å². The maximum Gasteiger partial charge on any atom is 0.254 e. The molecule has 1 aromatic carbocycles. The second-order valence-corrected chi connectivity index (χ2v) is 10.1. The summed E-state index contributed by atoms with van der Waals surface area (Å²) >= 11 is 7.35. The van der Waals surface area contributed by atoms with Crippen LogP contribution < -0.4 is 5.32 Å². The highest BCUT2D eigenvalue weighted by Gasteiger charge is 2.30. The molecule has 29 heavy (non-hydrogen) atoms. The summed E-state index contributed by atoms with van der Waals surface area (Å²) < 4.78 is 27.5. The smallest absolute Gasteiger partial charge is 0.254 e. The van der Waals surface area contributed by atoms with Gasteiger partial charge in [-0.25, -0.2) is 8.42 Å². The van der Waals surface area contributed by atoms with E-state index in [2.05, 4.69) is 11.9 Å². The van der Waals surface area contributed by atoms with Crippen molar-refractivity contribution in [3.8, 4) is 0 Å². The summed E-state index contributed by atoms with van der Waals surface area (Å²) in [5, 5.41) is 2.60. The zero-order valence-electron chi connectivity index (χ0n) is 15.5. The molecule has 1 saturated heterocycles. The highest BCUT2D eigenvalue weighted by molar-refractivity contribution is 7.89. The molecule has 154 valence electrons. The number of thiophene rings is 1. The van der Waals surface area contributed by atoms with Crippen molar-refractivity contribution in [2.24, 2.45) is 0 Å². The first-order valence-electron chi connectivity index (χ1n) is 8.82. The SMILES string of the molecule is C=CCN(Cc1ccc(Cl)s1)C(=O)c1cccc(S(=O)(=O)N2CCNC(=O)C2)c1. The number of piperazine rings is 1. The lowest BCUT2D eigenvalue weighted by atomic mass is 10.2. The third-order valence-electron chi connectivity index (χ3n) is 4.33. The van der Waals surface area contributed by atoms with Crippen LogP contribution in [-0.4, -0.2) is 55.6 Å². The van der Waals surface area contributed by atoms with Gasteiger partial charge in [-0.3, -0.25) is 9.59 Å². The van der Waals surface area contributed by atoms with Crippen LogP contribution in [0.15, 0.2) is 53.9 Å². The van der Waals surface area contributed by atoms with E-state index in [0.29, 0.717) is 17.4 Å². The average molecular weight is 454 g/mol. The number of amides is 2. The van der Waals surface area contributed by atoms with Crippen LogP contribution in [0.3, 0.4) is 0 Å². The summed E-state index contributed by atoms with van der Waals surface area (Å²) in [5.41, 5.74) is 0.247. The van der Waals surface area contributed by atoms with E-state index in [1.54, 1.807) is 23.1 Å². The van der Waals surface area contributed by atoms with Gasteiger partial charge in [-0.2, -0.15) is 4.31 Å². The van der Waals surface area contributed by atoms with Crippen molar-refractivity contribution in [2.45, 2.75) is 11.4 Å². The van der Waals surface area contributed by atoms with Crippen molar-refractivity contribution in [3.05, 3.63) is 63.8 Å². The van der Waals surface area contributed by atoms with Crippen LogP contribution >= 0.6 is 22.9 Å². The molecule has 1 aliphatic heterocycles. The highest BCUT2D eigenvalue weighted by atomic mass is 35.5. The van der Waals surface area contributed by atoms with Crippen molar-refractivity contribution in [3.63, 3.8) is 0 Å². The third-order valence-corrected chi connectivity index (χ3v) is 7.39. The zero-order valence-corrected chi connectivity index (χ0v) is 17.9. The fourth-order valence-corrected chi connectivity index (χ4v) is 5.49. The summed E-state index contributed by atoms with van der Waals surface area (Å²) in [7, 11) is -3.88. The molecular formula is C19H20ClN3O4S2. The molecule has 1 aliphatic rings. The lowest BCUT2D eigenvalue weighted by molar-refractivity contribution is -0.122. The van der Waals surface area contributed by atoms with E-state index in [4.69, 9.17) is 11.6 Å². The number of carbonyl (C=O) groups is 2. The van der Waals surface area contributed by atoms with Crippen molar-refractivity contribution >= 4 is 44.8 Å². The molecule has 7 nitrogen and oxygen atoms in total. The maximum atomic E-state index is 13.0. The number of nitrogens with zero attached hydrogens (tertiary/aromatic N) is 2. The first-order chi connectivity index (χ1) is 13.8. The Balaban J connectivity index is 1.85. The van der Waals surface area contributed by atoms with Crippen LogP contribution in [0.1, 0.15) is 15.2 Å². The predicted octanol–water partition coefficient (Wildman–Crippen LogP) is 2.35. The first kappa shape index (κ1) is 21.5. The predicted molar refractivity (Wildman–Crippen MR) is 112 cm³/mol. The van der Waals surface area contributed by atoms with Gasteiger partial charge in [0.2, 0.25) is 15.9 Å². The fourth-order valence-electron chi connectivity index (χ4n) is 2.94. The minimum Gasteiger partial charge on any atom is -0.354 e. The standard InChI is InChI=1S/C19H20ClN3O4S2/c1-2-9-22(12-15-6-7-17(20)28-15)19(25)14-4-3-5-16(11-14)29(26,27)23-10-8-21-18(24)13-23/h2-7,11H,1,8-10,12-13H2,(H,21,24). The number of halogens is 1. The summed E-state index contributed by atoms with van der Waals surface area (Å²) in [6, 6.07) is 9.48. The van der Waals surface area contributed by atoms with E-state index in [9.17, 15) is 18.0 Å². The van der Waals surface area contributed by atoms with E-state index >= 15 is 0 Å². The van der Waals surface area contributed by atoms with Gasteiger partial charge < -0.3 is 10.2 Å². The fraction of sp³-hybridized carbons (Fsp3) is 0.263. The molecule has 0 radical (unpaired) electrons. The van der Waals surface area contributed by atoms with Gasteiger partial charge in [0.15, 0.2) is 0 Å². The molecule has 0 spiro atoms. The molecule has 0 unspecified atom stereocenters. The molecular weight excluding hydrogens is 434 g/mol. The molecule has 0 aliphatic carbocycles. The van der Waals surface area contributed by atoms with Gasteiger partial charge in [0.1, 0.15) is 0 Å². The second-order valence-electron chi connectivity index (χ2n) is 6.40. The van der Waals surface area contributed by atoms with Crippen LogP contribution in [-0.2, 0) is 21.4 Å².